The van der Waals surface area contributed by atoms with Gasteiger partial charge in [-0.1, -0.05) is 19.4 Å². The summed E-state index contributed by atoms with van der Waals surface area (Å²) in [5.74, 6) is 1.05. The Morgan fingerprint density at radius 2 is 2.19 bits per heavy atom. The van der Waals surface area contributed by atoms with Crippen molar-refractivity contribution in [2.24, 2.45) is 0 Å². The molecule has 2 unspecified atom stereocenters. The van der Waals surface area contributed by atoms with Gasteiger partial charge in [-0.3, -0.25) is 0 Å². The fourth-order valence-corrected chi connectivity index (χ4v) is 5.58. The Kier molecular flexibility index (Phi) is 5.68. The number of sulfone groups is 1. The summed E-state index contributed by atoms with van der Waals surface area (Å²) in [4.78, 5) is 0. The Hall–Kier alpha value is -0.590. The largest absolute Gasteiger partial charge is 0.496 e. The Bertz CT molecular complexity index is 589. The van der Waals surface area contributed by atoms with E-state index in [1.54, 1.807) is 7.11 Å². The monoisotopic (exact) mass is 375 g/mol. The van der Waals surface area contributed by atoms with Gasteiger partial charge in [0.1, 0.15) is 5.75 Å². The fraction of sp³-hybridized carbons (Fsp3) is 0.600. The van der Waals surface area contributed by atoms with E-state index in [9.17, 15) is 8.42 Å². The first-order chi connectivity index (χ1) is 9.99. The quantitative estimate of drug-likeness (QED) is 0.858. The van der Waals surface area contributed by atoms with E-state index < -0.39 is 9.84 Å². The first-order valence-corrected chi connectivity index (χ1v) is 9.79. The standard InChI is InChI=1S/C15H22BrNO3S/c1-3-17-15(14-6-4-5-9-21(14,18)19)11-7-8-13(20-2)12(16)10-11/h7-8,10,14-15,17H,3-6,9H2,1-2H3. The van der Waals surface area contributed by atoms with Crippen LogP contribution in [0, 0.1) is 0 Å². The minimum atomic E-state index is -3.03. The van der Waals surface area contributed by atoms with Crippen LogP contribution in [0.3, 0.4) is 0 Å². The minimum absolute atomic E-state index is 0.164. The fourth-order valence-electron chi connectivity index (χ4n) is 2.91. The molecule has 118 valence electrons. The molecule has 1 saturated heterocycles. The normalized spacial score (nSPS) is 22.7. The van der Waals surface area contributed by atoms with Crippen LogP contribution < -0.4 is 10.1 Å². The van der Waals surface area contributed by atoms with E-state index in [2.05, 4.69) is 21.2 Å². The first-order valence-electron chi connectivity index (χ1n) is 7.28. The van der Waals surface area contributed by atoms with Crippen molar-refractivity contribution in [2.45, 2.75) is 37.5 Å². The lowest BCUT2D eigenvalue weighted by Crippen LogP contribution is -2.40. The lowest BCUT2D eigenvalue weighted by atomic mass is 9.99. The van der Waals surface area contributed by atoms with Gasteiger partial charge in [0.2, 0.25) is 0 Å². The number of benzene rings is 1. The molecule has 6 heteroatoms. The van der Waals surface area contributed by atoms with Gasteiger partial charge in [-0.2, -0.15) is 0 Å². The van der Waals surface area contributed by atoms with E-state index in [0.717, 1.165) is 41.6 Å². The number of hydrogen-bond acceptors (Lipinski definition) is 4. The highest BCUT2D eigenvalue weighted by molar-refractivity contribution is 9.10. The van der Waals surface area contributed by atoms with Gasteiger partial charge < -0.3 is 10.1 Å². The average molecular weight is 376 g/mol. The summed E-state index contributed by atoms with van der Waals surface area (Å²) < 4.78 is 30.9. The number of rotatable bonds is 5. The molecule has 0 bridgehead atoms. The van der Waals surface area contributed by atoms with E-state index in [1.165, 1.54) is 0 Å². The zero-order valence-corrected chi connectivity index (χ0v) is 14.8. The van der Waals surface area contributed by atoms with Crippen molar-refractivity contribution >= 4 is 25.8 Å². The second-order valence-corrected chi connectivity index (χ2v) is 8.52. The summed E-state index contributed by atoms with van der Waals surface area (Å²) in [5.41, 5.74) is 0.986. The van der Waals surface area contributed by atoms with Crippen molar-refractivity contribution in [3.05, 3.63) is 28.2 Å². The van der Waals surface area contributed by atoms with E-state index in [4.69, 9.17) is 4.74 Å². The highest BCUT2D eigenvalue weighted by Gasteiger charge is 2.36. The van der Waals surface area contributed by atoms with Crippen molar-refractivity contribution in [2.75, 3.05) is 19.4 Å². The predicted molar refractivity (Wildman–Crippen MR) is 88.5 cm³/mol. The summed E-state index contributed by atoms with van der Waals surface area (Å²) in [6.07, 6.45) is 2.48. The molecule has 1 aromatic rings. The van der Waals surface area contributed by atoms with Gasteiger partial charge in [-0.15, -0.1) is 0 Å². The van der Waals surface area contributed by atoms with Crippen LogP contribution in [0.15, 0.2) is 22.7 Å². The number of nitrogens with one attached hydrogen (secondary N) is 1. The maximum absolute atomic E-state index is 12.4. The predicted octanol–water partition coefficient (Wildman–Crippen LogP) is 3.08. The molecule has 1 aromatic carbocycles. The van der Waals surface area contributed by atoms with Crippen molar-refractivity contribution in [1.29, 1.82) is 0 Å². The molecule has 0 spiro atoms. The molecular formula is C15H22BrNO3S. The van der Waals surface area contributed by atoms with E-state index >= 15 is 0 Å². The van der Waals surface area contributed by atoms with E-state index in [0.29, 0.717) is 5.75 Å². The van der Waals surface area contributed by atoms with Gasteiger partial charge in [-0.25, -0.2) is 8.42 Å². The van der Waals surface area contributed by atoms with Gasteiger partial charge in [0.15, 0.2) is 9.84 Å². The number of methoxy groups -OCH3 is 1. The van der Waals surface area contributed by atoms with Gasteiger partial charge in [0.25, 0.3) is 0 Å². The number of halogens is 1. The SMILES string of the molecule is CCNC(c1ccc(OC)c(Br)c1)C1CCCCS1(=O)=O. The van der Waals surface area contributed by atoms with Crippen LogP contribution in [-0.4, -0.2) is 33.1 Å². The Balaban J connectivity index is 2.36. The first kappa shape index (κ1) is 16.8. The Labute approximate surface area is 135 Å². The minimum Gasteiger partial charge on any atom is -0.496 e. The van der Waals surface area contributed by atoms with Crippen molar-refractivity contribution in [3.8, 4) is 5.75 Å². The molecule has 0 amide bonds. The topological polar surface area (TPSA) is 55.4 Å². The van der Waals surface area contributed by atoms with Crippen LogP contribution in [-0.2, 0) is 9.84 Å². The molecule has 21 heavy (non-hydrogen) atoms. The second-order valence-electron chi connectivity index (χ2n) is 5.33. The molecule has 4 nitrogen and oxygen atoms in total. The van der Waals surface area contributed by atoms with Crippen LogP contribution in [0.1, 0.15) is 37.8 Å². The van der Waals surface area contributed by atoms with Crippen molar-refractivity contribution < 1.29 is 13.2 Å². The summed E-state index contributed by atoms with van der Waals surface area (Å²) in [5, 5.41) is 3.01. The number of ether oxygens (including phenoxy) is 1. The molecule has 1 aliphatic heterocycles. The molecule has 2 atom stereocenters. The molecule has 2 rings (SSSR count). The van der Waals surface area contributed by atoms with Crippen LogP contribution in [0.2, 0.25) is 0 Å². The zero-order chi connectivity index (χ0) is 15.5. The highest BCUT2D eigenvalue weighted by Crippen LogP contribution is 2.34. The molecule has 0 radical (unpaired) electrons. The zero-order valence-electron chi connectivity index (χ0n) is 12.4. The maximum atomic E-state index is 12.4. The van der Waals surface area contributed by atoms with Gasteiger partial charge in [-0.05, 0) is 53.0 Å². The summed E-state index contributed by atoms with van der Waals surface area (Å²) in [6, 6.07) is 5.61. The lowest BCUT2D eigenvalue weighted by Gasteiger charge is -2.31. The third-order valence-electron chi connectivity index (χ3n) is 3.96. The molecule has 1 fully saturated rings. The summed E-state index contributed by atoms with van der Waals surface area (Å²) in [6.45, 7) is 2.74. The summed E-state index contributed by atoms with van der Waals surface area (Å²) >= 11 is 3.48. The van der Waals surface area contributed by atoms with Crippen molar-refractivity contribution in [1.82, 2.24) is 5.32 Å². The smallest absolute Gasteiger partial charge is 0.155 e. The van der Waals surface area contributed by atoms with Crippen LogP contribution in [0.4, 0.5) is 0 Å². The molecule has 1 heterocycles. The van der Waals surface area contributed by atoms with Gasteiger partial charge in [0.05, 0.1) is 22.6 Å². The molecule has 0 saturated carbocycles. The van der Waals surface area contributed by atoms with Crippen LogP contribution in [0.25, 0.3) is 0 Å². The maximum Gasteiger partial charge on any atom is 0.155 e. The number of hydrogen-bond donors (Lipinski definition) is 1. The lowest BCUT2D eigenvalue weighted by molar-refractivity contribution is 0.411. The third kappa shape index (κ3) is 3.79. The van der Waals surface area contributed by atoms with E-state index in [-0.39, 0.29) is 11.3 Å². The molecule has 0 aliphatic carbocycles. The van der Waals surface area contributed by atoms with E-state index in [1.807, 2.05) is 25.1 Å². The van der Waals surface area contributed by atoms with Crippen molar-refractivity contribution in [3.63, 3.8) is 0 Å². The second kappa shape index (κ2) is 7.11. The molecule has 1 aliphatic rings. The van der Waals surface area contributed by atoms with Crippen LogP contribution in [0.5, 0.6) is 5.75 Å². The van der Waals surface area contributed by atoms with Crippen LogP contribution >= 0.6 is 15.9 Å². The molecular weight excluding hydrogens is 354 g/mol. The average Bonchev–Trinajstić information content (AvgIpc) is 2.45. The molecule has 0 aromatic heterocycles. The Morgan fingerprint density at radius 3 is 2.76 bits per heavy atom. The molecule has 1 N–H and O–H groups in total. The van der Waals surface area contributed by atoms with Gasteiger partial charge >= 0.3 is 0 Å². The van der Waals surface area contributed by atoms with Gasteiger partial charge in [0, 0.05) is 6.04 Å². The Morgan fingerprint density at radius 1 is 1.43 bits per heavy atom. The summed E-state index contributed by atoms with van der Waals surface area (Å²) in [7, 11) is -1.41. The third-order valence-corrected chi connectivity index (χ3v) is 6.87. The highest BCUT2D eigenvalue weighted by atomic mass is 79.9.